The molecule has 1 aliphatic heterocycles. The van der Waals surface area contributed by atoms with Gasteiger partial charge in [-0.05, 0) is 73.8 Å². The number of hydrogen-bond acceptors (Lipinski definition) is 5. The molecule has 0 radical (unpaired) electrons. The molecule has 0 fully saturated rings. The first-order valence-electron chi connectivity index (χ1n) is 11.4. The molecule has 0 saturated carbocycles. The Kier molecular flexibility index (Phi) is 12.6. The van der Waals surface area contributed by atoms with E-state index in [4.69, 9.17) is 9.47 Å². The molecule has 0 saturated heterocycles. The summed E-state index contributed by atoms with van der Waals surface area (Å²) in [6, 6.07) is 12.7. The van der Waals surface area contributed by atoms with Crippen molar-refractivity contribution in [2.45, 2.75) is 25.7 Å². The fraction of sp³-hybridized carbons (Fsp3) is 0.500. The van der Waals surface area contributed by atoms with Crippen LogP contribution >= 0.6 is 24.8 Å². The Labute approximate surface area is 217 Å². The first-order valence-corrected chi connectivity index (χ1v) is 11.4. The maximum absolute atomic E-state index is 12.8. The fourth-order valence-corrected chi connectivity index (χ4v) is 4.18. The number of fused-ring (bicyclic) bond motifs is 1. The lowest BCUT2D eigenvalue weighted by atomic mass is 10.0. The van der Waals surface area contributed by atoms with Gasteiger partial charge in [0.15, 0.2) is 11.5 Å². The monoisotopic (exact) mass is 511 g/mol. The number of benzene rings is 2. The Bertz CT molecular complexity index is 907. The van der Waals surface area contributed by atoms with Crippen molar-refractivity contribution in [1.82, 2.24) is 9.80 Å². The van der Waals surface area contributed by atoms with E-state index in [1.165, 1.54) is 16.8 Å². The van der Waals surface area contributed by atoms with Gasteiger partial charge in [0.2, 0.25) is 5.91 Å². The number of halogens is 2. The highest BCUT2D eigenvalue weighted by molar-refractivity contribution is 5.85. The van der Waals surface area contributed by atoms with E-state index in [9.17, 15) is 4.79 Å². The average Bonchev–Trinajstić information content (AvgIpc) is 2.94. The zero-order valence-electron chi connectivity index (χ0n) is 21.0. The van der Waals surface area contributed by atoms with Gasteiger partial charge in [0, 0.05) is 39.4 Å². The molecule has 3 rings (SSSR count). The van der Waals surface area contributed by atoms with Crippen LogP contribution in [-0.2, 0) is 24.1 Å². The second-order valence-electron chi connectivity index (χ2n) is 8.75. The molecule has 2 aromatic carbocycles. The number of carbonyl (C=O) groups excluding carboxylic acids is 1. The van der Waals surface area contributed by atoms with E-state index >= 15 is 0 Å². The van der Waals surface area contributed by atoms with Crippen LogP contribution in [0, 0.1) is 0 Å². The first-order chi connectivity index (χ1) is 15.4. The van der Waals surface area contributed by atoms with E-state index in [0.29, 0.717) is 12.2 Å². The minimum Gasteiger partial charge on any atom is -0.493 e. The van der Waals surface area contributed by atoms with Gasteiger partial charge in [-0.1, -0.05) is 12.1 Å². The van der Waals surface area contributed by atoms with Crippen molar-refractivity contribution >= 4 is 36.4 Å². The molecule has 1 heterocycles. The van der Waals surface area contributed by atoms with Crippen LogP contribution in [0.25, 0.3) is 0 Å². The topological polar surface area (TPSA) is 45.3 Å². The maximum atomic E-state index is 12.8. The van der Waals surface area contributed by atoms with Gasteiger partial charge in [-0.15, -0.1) is 24.8 Å². The van der Waals surface area contributed by atoms with Crippen LogP contribution in [0.4, 0.5) is 5.69 Å². The summed E-state index contributed by atoms with van der Waals surface area (Å²) in [5, 5.41) is 0. The second-order valence-corrected chi connectivity index (χ2v) is 8.75. The molecule has 0 aromatic heterocycles. The normalized spacial score (nSPS) is 12.9. The van der Waals surface area contributed by atoms with Crippen molar-refractivity contribution < 1.29 is 14.3 Å². The van der Waals surface area contributed by atoms with E-state index in [2.05, 4.69) is 55.2 Å². The van der Waals surface area contributed by atoms with Crippen LogP contribution < -0.4 is 14.4 Å². The predicted octanol–water partition coefficient (Wildman–Crippen LogP) is 4.11. The standard InChI is InChI=1S/C26H37N3O3.2ClH/c1-27(2)23-9-7-20(8-10-23)11-15-28(3)13-6-14-29-16-12-21-17-24(31-4)25(32-5)18-22(21)19-26(29)30;;/h7-10,17-18H,6,11-16,19H2,1-5H3;2*1H. The van der Waals surface area contributed by atoms with Gasteiger partial charge in [0.1, 0.15) is 0 Å². The molecule has 1 aliphatic rings. The molecule has 0 N–H and O–H groups in total. The summed E-state index contributed by atoms with van der Waals surface area (Å²) < 4.78 is 10.8. The smallest absolute Gasteiger partial charge is 0.227 e. The zero-order valence-corrected chi connectivity index (χ0v) is 22.6. The summed E-state index contributed by atoms with van der Waals surface area (Å²) in [4.78, 5) is 19.3. The lowest BCUT2D eigenvalue weighted by Crippen LogP contribution is -2.35. The maximum Gasteiger partial charge on any atom is 0.227 e. The molecule has 190 valence electrons. The minimum absolute atomic E-state index is 0. The van der Waals surface area contributed by atoms with Crippen molar-refractivity contribution in [2.24, 2.45) is 0 Å². The van der Waals surface area contributed by atoms with Gasteiger partial charge in [-0.3, -0.25) is 4.79 Å². The molecular formula is C26H39Cl2N3O3. The largest absolute Gasteiger partial charge is 0.493 e. The van der Waals surface area contributed by atoms with E-state index < -0.39 is 0 Å². The number of nitrogens with zero attached hydrogens (tertiary/aromatic N) is 3. The second kappa shape index (κ2) is 14.3. The first kappa shape index (κ1) is 29.9. The summed E-state index contributed by atoms with van der Waals surface area (Å²) in [6.45, 7) is 3.54. The molecule has 0 atom stereocenters. The van der Waals surface area contributed by atoms with Gasteiger partial charge >= 0.3 is 0 Å². The number of likely N-dealkylation sites (N-methyl/N-ethyl adjacent to an activating group) is 1. The van der Waals surface area contributed by atoms with Crippen molar-refractivity contribution in [1.29, 1.82) is 0 Å². The summed E-state index contributed by atoms with van der Waals surface area (Å²) in [5.74, 6) is 1.61. The van der Waals surface area contributed by atoms with E-state index in [1.54, 1.807) is 14.2 Å². The Morgan fingerprint density at radius 3 is 2.12 bits per heavy atom. The molecule has 34 heavy (non-hydrogen) atoms. The SMILES string of the molecule is COc1cc2c(cc1OC)CC(=O)N(CCCN(C)CCc1ccc(N(C)C)cc1)CC2.Cl.Cl. The Morgan fingerprint density at radius 1 is 0.912 bits per heavy atom. The van der Waals surface area contributed by atoms with Crippen LogP contribution in [0.2, 0.25) is 0 Å². The molecule has 0 unspecified atom stereocenters. The van der Waals surface area contributed by atoms with Crippen LogP contribution in [0.1, 0.15) is 23.1 Å². The average molecular weight is 513 g/mol. The highest BCUT2D eigenvalue weighted by Crippen LogP contribution is 2.32. The number of ether oxygens (including phenoxy) is 2. The third kappa shape index (κ3) is 7.97. The number of carbonyl (C=O) groups is 1. The van der Waals surface area contributed by atoms with Gasteiger partial charge in [0.25, 0.3) is 0 Å². The van der Waals surface area contributed by atoms with Crippen molar-refractivity contribution in [3.8, 4) is 11.5 Å². The molecule has 6 nitrogen and oxygen atoms in total. The minimum atomic E-state index is 0. The van der Waals surface area contributed by atoms with Crippen molar-refractivity contribution in [2.75, 3.05) is 66.4 Å². The predicted molar refractivity (Wildman–Crippen MR) is 145 cm³/mol. The van der Waals surface area contributed by atoms with Gasteiger partial charge < -0.3 is 24.2 Å². The van der Waals surface area contributed by atoms with E-state index in [1.807, 2.05) is 17.0 Å². The molecule has 2 aromatic rings. The molecule has 0 spiro atoms. The summed E-state index contributed by atoms with van der Waals surface area (Å²) >= 11 is 0. The molecule has 0 bridgehead atoms. The van der Waals surface area contributed by atoms with Crippen LogP contribution in [0.3, 0.4) is 0 Å². The zero-order chi connectivity index (χ0) is 23.1. The number of methoxy groups -OCH3 is 2. The lowest BCUT2D eigenvalue weighted by Gasteiger charge is -2.23. The molecule has 1 amide bonds. The highest BCUT2D eigenvalue weighted by Gasteiger charge is 2.22. The summed E-state index contributed by atoms with van der Waals surface area (Å²) in [5.41, 5.74) is 4.81. The van der Waals surface area contributed by atoms with Gasteiger partial charge in [-0.2, -0.15) is 0 Å². The highest BCUT2D eigenvalue weighted by atomic mass is 35.5. The summed E-state index contributed by atoms with van der Waals surface area (Å²) in [7, 11) is 9.55. The molecular weight excluding hydrogens is 473 g/mol. The Morgan fingerprint density at radius 2 is 1.53 bits per heavy atom. The van der Waals surface area contributed by atoms with Gasteiger partial charge in [0.05, 0.1) is 20.6 Å². The van der Waals surface area contributed by atoms with E-state index in [-0.39, 0.29) is 30.7 Å². The molecule has 0 aliphatic carbocycles. The third-order valence-electron chi connectivity index (χ3n) is 6.25. The quantitative estimate of drug-likeness (QED) is 0.480. The molecule has 8 heteroatoms. The summed E-state index contributed by atoms with van der Waals surface area (Å²) in [6.07, 6.45) is 3.28. The lowest BCUT2D eigenvalue weighted by molar-refractivity contribution is -0.130. The Hall–Kier alpha value is -2.15. The number of anilines is 1. The van der Waals surface area contributed by atoms with Crippen LogP contribution in [-0.4, -0.2) is 77.2 Å². The number of amides is 1. The Balaban J connectivity index is 0.00000289. The van der Waals surface area contributed by atoms with E-state index in [0.717, 1.165) is 56.8 Å². The number of hydrogen-bond donors (Lipinski definition) is 0. The van der Waals surface area contributed by atoms with Crippen molar-refractivity contribution in [3.63, 3.8) is 0 Å². The van der Waals surface area contributed by atoms with Gasteiger partial charge in [-0.25, -0.2) is 0 Å². The fourth-order valence-electron chi connectivity index (χ4n) is 4.18. The van der Waals surface area contributed by atoms with Crippen LogP contribution in [0.5, 0.6) is 11.5 Å². The third-order valence-corrected chi connectivity index (χ3v) is 6.25. The van der Waals surface area contributed by atoms with Crippen molar-refractivity contribution in [3.05, 3.63) is 53.1 Å². The van der Waals surface area contributed by atoms with Crippen LogP contribution in [0.15, 0.2) is 36.4 Å². The number of rotatable bonds is 10.